The number of benzene rings is 1. The van der Waals surface area contributed by atoms with E-state index >= 15 is 0 Å². The minimum atomic E-state index is 0.230. The van der Waals surface area contributed by atoms with Crippen LogP contribution in [0.2, 0.25) is 0 Å². The van der Waals surface area contributed by atoms with E-state index in [-0.39, 0.29) is 6.10 Å². The molecule has 0 bridgehead atoms. The number of rotatable bonds is 7. The lowest BCUT2D eigenvalue weighted by Gasteiger charge is -2.28. The van der Waals surface area contributed by atoms with Gasteiger partial charge in [0.05, 0.1) is 18.3 Å². The molecular weight excluding hydrogens is 264 g/mol. The highest BCUT2D eigenvalue weighted by atomic mass is 16.5. The van der Waals surface area contributed by atoms with Gasteiger partial charge in [0.25, 0.3) is 0 Å². The van der Waals surface area contributed by atoms with Crippen LogP contribution < -0.4 is 9.47 Å². The van der Waals surface area contributed by atoms with Gasteiger partial charge < -0.3 is 9.47 Å². The Kier molecular flexibility index (Phi) is 6.09. The van der Waals surface area contributed by atoms with Gasteiger partial charge in [0.1, 0.15) is 11.5 Å². The maximum absolute atomic E-state index is 11.2. The Bertz CT molecular complexity index is 448. The van der Waals surface area contributed by atoms with Crippen molar-refractivity contribution in [2.24, 2.45) is 5.92 Å². The summed E-state index contributed by atoms with van der Waals surface area (Å²) in [6.07, 6.45) is 7.92. The minimum absolute atomic E-state index is 0.230. The summed E-state index contributed by atoms with van der Waals surface area (Å²) in [5.74, 6) is 2.29. The monoisotopic (exact) mass is 290 g/mol. The van der Waals surface area contributed by atoms with Crippen LogP contribution >= 0.6 is 0 Å². The molecule has 0 aromatic heterocycles. The molecule has 0 unspecified atom stereocenters. The first-order chi connectivity index (χ1) is 10.3. The van der Waals surface area contributed by atoms with Gasteiger partial charge in [0.15, 0.2) is 6.29 Å². The molecule has 0 spiro atoms. The SMILES string of the molecule is CCCOc1ccc(C=O)c(OC2CCC(CC)CC2)c1. The fraction of sp³-hybridized carbons (Fsp3) is 0.611. The van der Waals surface area contributed by atoms with E-state index in [4.69, 9.17) is 9.47 Å². The Morgan fingerprint density at radius 3 is 2.57 bits per heavy atom. The standard InChI is InChI=1S/C18H26O3/c1-3-11-20-17-10-7-15(13-19)18(12-17)21-16-8-5-14(4-2)6-9-16/h7,10,12-14,16H,3-6,8-9,11H2,1-2H3. The van der Waals surface area contributed by atoms with Gasteiger partial charge >= 0.3 is 0 Å². The normalized spacial score (nSPS) is 21.8. The van der Waals surface area contributed by atoms with E-state index in [0.717, 1.165) is 37.2 Å². The molecule has 0 atom stereocenters. The summed E-state index contributed by atoms with van der Waals surface area (Å²) in [6.45, 7) is 5.01. The van der Waals surface area contributed by atoms with E-state index in [1.54, 1.807) is 6.07 Å². The van der Waals surface area contributed by atoms with Gasteiger partial charge in [0.2, 0.25) is 0 Å². The third kappa shape index (κ3) is 4.48. The molecule has 0 aliphatic heterocycles. The number of carbonyl (C=O) groups excluding carboxylic acids is 1. The third-order valence-electron chi connectivity index (χ3n) is 4.25. The van der Waals surface area contributed by atoms with E-state index in [1.807, 2.05) is 12.1 Å². The number of carbonyl (C=O) groups is 1. The molecule has 0 heterocycles. The maximum atomic E-state index is 11.2. The molecule has 3 heteroatoms. The summed E-state index contributed by atoms with van der Waals surface area (Å²) in [7, 11) is 0. The summed E-state index contributed by atoms with van der Waals surface area (Å²) in [5.41, 5.74) is 0.608. The lowest BCUT2D eigenvalue weighted by atomic mass is 9.86. The van der Waals surface area contributed by atoms with Crippen molar-refractivity contribution < 1.29 is 14.3 Å². The van der Waals surface area contributed by atoms with Gasteiger partial charge in [-0.15, -0.1) is 0 Å². The average Bonchev–Trinajstić information content (AvgIpc) is 2.54. The van der Waals surface area contributed by atoms with Crippen molar-refractivity contribution in [3.63, 3.8) is 0 Å². The maximum Gasteiger partial charge on any atom is 0.153 e. The van der Waals surface area contributed by atoms with Crippen LogP contribution in [0.3, 0.4) is 0 Å². The first kappa shape index (κ1) is 15.9. The van der Waals surface area contributed by atoms with Gasteiger partial charge in [-0.3, -0.25) is 4.79 Å². The number of ether oxygens (including phenoxy) is 2. The van der Waals surface area contributed by atoms with Crippen molar-refractivity contribution in [1.29, 1.82) is 0 Å². The zero-order chi connectivity index (χ0) is 15.1. The molecule has 0 radical (unpaired) electrons. The third-order valence-corrected chi connectivity index (χ3v) is 4.25. The Labute approximate surface area is 127 Å². The van der Waals surface area contributed by atoms with Crippen molar-refractivity contribution in [2.75, 3.05) is 6.61 Å². The van der Waals surface area contributed by atoms with Crippen LogP contribution in [0, 0.1) is 5.92 Å². The smallest absolute Gasteiger partial charge is 0.153 e. The highest BCUT2D eigenvalue weighted by molar-refractivity contribution is 5.79. The highest BCUT2D eigenvalue weighted by Crippen LogP contribution is 2.31. The van der Waals surface area contributed by atoms with Crippen molar-refractivity contribution >= 4 is 6.29 Å². The second kappa shape index (κ2) is 8.06. The Hall–Kier alpha value is -1.51. The lowest BCUT2D eigenvalue weighted by molar-refractivity contribution is 0.109. The molecule has 3 nitrogen and oxygen atoms in total. The summed E-state index contributed by atoms with van der Waals surface area (Å²) < 4.78 is 11.7. The molecule has 0 saturated heterocycles. The van der Waals surface area contributed by atoms with Crippen LogP contribution in [0.4, 0.5) is 0 Å². The van der Waals surface area contributed by atoms with Gasteiger partial charge in [0, 0.05) is 6.07 Å². The van der Waals surface area contributed by atoms with Crippen molar-refractivity contribution in [2.45, 2.75) is 58.5 Å². The summed E-state index contributed by atoms with van der Waals surface area (Å²) in [6, 6.07) is 5.47. The summed E-state index contributed by atoms with van der Waals surface area (Å²) in [5, 5.41) is 0. The molecule has 21 heavy (non-hydrogen) atoms. The molecule has 1 saturated carbocycles. The number of hydrogen-bond acceptors (Lipinski definition) is 3. The predicted octanol–water partition coefficient (Wildman–Crippen LogP) is 4.64. The lowest BCUT2D eigenvalue weighted by Crippen LogP contribution is -2.24. The molecule has 1 fully saturated rings. The first-order valence-electron chi connectivity index (χ1n) is 8.15. The largest absolute Gasteiger partial charge is 0.493 e. The van der Waals surface area contributed by atoms with Crippen LogP contribution in [0.15, 0.2) is 18.2 Å². The molecule has 1 aromatic carbocycles. The van der Waals surface area contributed by atoms with Crippen LogP contribution in [0.1, 0.15) is 62.7 Å². The Balaban J connectivity index is 2.01. The second-order valence-corrected chi connectivity index (χ2v) is 5.83. The van der Waals surface area contributed by atoms with Crippen LogP contribution in [-0.2, 0) is 0 Å². The average molecular weight is 290 g/mol. The fourth-order valence-electron chi connectivity index (χ4n) is 2.86. The molecule has 116 valence electrons. The van der Waals surface area contributed by atoms with Crippen molar-refractivity contribution in [3.8, 4) is 11.5 Å². The highest BCUT2D eigenvalue weighted by Gasteiger charge is 2.22. The number of aldehydes is 1. The molecule has 0 N–H and O–H groups in total. The van der Waals surface area contributed by atoms with Gasteiger partial charge in [-0.2, -0.15) is 0 Å². The molecule has 1 aliphatic carbocycles. The zero-order valence-corrected chi connectivity index (χ0v) is 13.1. The molecule has 0 amide bonds. The van der Waals surface area contributed by atoms with Crippen LogP contribution in [-0.4, -0.2) is 19.0 Å². The van der Waals surface area contributed by atoms with E-state index in [0.29, 0.717) is 17.9 Å². The Morgan fingerprint density at radius 2 is 1.95 bits per heavy atom. The molecule has 1 aromatic rings. The summed E-state index contributed by atoms with van der Waals surface area (Å²) in [4.78, 5) is 11.2. The topological polar surface area (TPSA) is 35.5 Å². The minimum Gasteiger partial charge on any atom is -0.493 e. The van der Waals surface area contributed by atoms with E-state index < -0.39 is 0 Å². The summed E-state index contributed by atoms with van der Waals surface area (Å²) >= 11 is 0. The van der Waals surface area contributed by atoms with Crippen molar-refractivity contribution in [1.82, 2.24) is 0 Å². The van der Waals surface area contributed by atoms with Gasteiger partial charge in [-0.05, 0) is 50.2 Å². The second-order valence-electron chi connectivity index (χ2n) is 5.83. The van der Waals surface area contributed by atoms with Crippen LogP contribution in [0.25, 0.3) is 0 Å². The van der Waals surface area contributed by atoms with Crippen LogP contribution in [0.5, 0.6) is 11.5 Å². The quantitative estimate of drug-likeness (QED) is 0.686. The zero-order valence-electron chi connectivity index (χ0n) is 13.1. The Morgan fingerprint density at radius 1 is 1.19 bits per heavy atom. The molecular formula is C18H26O3. The van der Waals surface area contributed by atoms with E-state index in [2.05, 4.69) is 13.8 Å². The first-order valence-corrected chi connectivity index (χ1v) is 8.15. The van der Waals surface area contributed by atoms with Gasteiger partial charge in [-0.25, -0.2) is 0 Å². The molecule has 2 rings (SSSR count). The van der Waals surface area contributed by atoms with E-state index in [9.17, 15) is 4.79 Å². The fourth-order valence-corrected chi connectivity index (χ4v) is 2.86. The van der Waals surface area contributed by atoms with E-state index in [1.165, 1.54) is 19.3 Å². The van der Waals surface area contributed by atoms with Crippen molar-refractivity contribution in [3.05, 3.63) is 23.8 Å². The van der Waals surface area contributed by atoms with Gasteiger partial charge in [-0.1, -0.05) is 20.3 Å². The number of hydrogen-bond donors (Lipinski definition) is 0. The predicted molar refractivity (Wildman–Crippen MR) is 84.3 cm³/mol. The molecule has 1 aliphatic rings.